The Labute approximate surface area is 122 Å². The molecule has 1 saturated heterocycles. The first-order chi connectivity index (χ1) is 9.74. The van der Waals surface area contributed by atoms with Crippen LogP contribution in [0.3, 0.4) is 0 Å². The molecule has 1 aliphatic heterocycles. The van der Waals surface area contributed by atoms with Crippen molar-refractivity contribution in [1.29, 1.82) is 0 Å². The zero-order chi connectivity index (χ0) is 14.4. The number of methoxy groups -OCH3 is 1. The highest BCUT2D eigenvalue weighted by Crippen LogP contribution is 2.26. The Hall–Kier alpha value is -1.06. The van der Waals surface area contributed by atoms with Gasteiger partial charge in [-0.2, -0.15) is 0 Å². The summed E-state index contributed by atoms with van der Waals surface area (Å²) in [5.41, 5.74) is 1.33. The minimum Gasteiger partial charge on any atom is -0.497 e. The number of hydrogen-bond acceptors (Lipinski definition) is 3. The van der Waals surface area contributed by atoms with Gasteiger partial charge >= 0.3 is 0 Å². The smallest absolute Gasteiger partial charge is 0.119 e. The summed E-state index contributed by atoms with van der Waals surface area (Å²) in [5, 5.41) is 3.71. The Morgan fingerprint density at radius 1 is 1.45 bits per heavy atom. The van der Waals surface area contributed by atoms with E-state index in [0.29, 0.717) is 18.1 Å². The summed E-state index contributed by atoms with van der Waals surface area (Å²) in [5.74, 6) is 1.54. The molecule has 3 heteroatoms. The van der Waals surface area contributed by atoms with Crippen molar-refractivity contribution >= 4 is 0 Å². The van der Waals surface area contributed by atoms with Crippen LogP contribution in [0.1, 0.15) is 32.3 Å². The van der Waals surface area contributed by atoms with Crippen LogP contribution in [0.15, 0.2) is 24.3 Å². The van der Waals surface area contributed by atoms with Gasteiger partial charge in [0.25, 0.3) is 0 Å². The van der Waals surface area contributed by atoms with Crippen molar-refractivity contribution in [3.8, 4) is 5.75 Å². The first kappa shape index (κ1) is 15.3. The van der Waals surface area contributed by atoms with Gasteiger partial charge in [-0.1, -0.05) is 19.1 Å². The standard InChI is InChI=1S/C17H27NO2/c1-4-9-18-17(16-8-10-20-13(16)2)12-14-6-5-7-15(11-14)19-3/h5-7,11,13,16-18H,4,8-10,12H2,1-3H3. The molecule has 1 N–H and O–H groups in total. The maximum absolute atomic E-state index is 5.74. The van der Waals surface area contributed by atoms with E-state index in [9.17, 15) is 0 Å². The van der Waals surface area contributed by atoms with Gasteiger partial charge in [0.1, 0.15) is 5.75 Å². The quantitative estimate of drug-likeness (QED) is 0.831. The third kappa shape index (κ3) is 3.97. The molecule has 0 bridgehead atoms. The van der Waals surface area contributed by atoms with Crippen LogP contribution in [0.25, 0.3) is 0 Å². The molecule has 0 aromatic heterocycles. The van der Waals surface area contributed by atoms with Crippen LogP contribution in [0.2, 0.25) is 0 Å². The fourth-order valence-corrected chi connectivity index (χ4v) is 3.03. The normalized spacial score (nSPS) is 23.8. The molecule has 1 aliphatic rings. The molecular weight excluding hydrogens is 250 g/mol. The summed E-state index contributed by atoms with van der Waals surface area (Å²) >= 11 is 0. The second kappa shape index (κ2) is 7.65. The zero-order valence-corrected chi connectivity index (χ0v) is 12.9. The van der Waals surface area contributed by atoms with E-state index in [2.05, 4.69) is 37.4 Å². The van der Waals surface area contributed by atoms with Gasteiger partial charge in [0.2, 0.25) is 0 Å². The Morgan fingerprint density at radius 2 is 2.30 bits per heavy atom. The van der Waals surface area contributed by atoms with Crippen molar-refractivity contribution in [3.63, 3.8) is 0 Å². The lowest BCUT2D eigenvalue weighted by Gasteiger charge is -2.27. The summed E-state index contributed by atoms with van der Waals surface area (Å²) in [6.45, 7) is 6.38. The van der Waals surface area contributed by atoms with E-state index >= 15 is 0 Å². The van der Waals surface area contributed by atoms with Crippen molar-refractivity contribution in [2.24, 2.45) is 5.92 Å². The first-order valence-electron chi connectivity index (χ1n) is 7.72. The fourth-order valence-electron chi connectivity index (χ4n) is 3.03. The molecule has 0 aliphatic carbocycles. The fraction of sp³-hybridized carbons (Fsp3) is 0.647. The average molecular weight is 277 g/mol. The predicted octanol–water partition coefficient (Wildman–Crippen LogP) is 3.03. The van der Waals surface area contributed by atoms with Crippen molar-refractivity contribution in [3.05, 3.63) is 29.8 Å². The molecule has 3 atom stereocenters. The number of hydrogen-bond donors (Lipinski definition) is 1. The number of nitrogens with one attached hydrogen (secondary N) is 1. The van der Waals surface area contributed by atoms with E-state index in [1.54, 1.807) is 7.11 Å². The predicted molar refractivity (Wildman–Crippen MR) is 82.3 cm³/mol. The molecule has 0 amide bonds. The summed E-state index contributed by atoms with van der Waals surface area (Å²) in [6, 6.07) is 8.88. The molecule has 1 heterocycles. The Kier molecular flexibility index (Phi) is 5.86. The molecule has 1 aromatic carbocycles. The Morgan fingerprint density at radius 3 is 2.95 bits per heavy atom. The maximum atomic E-state index is 5.74. The molecule has 0 radical (unpaired) electrons. The van der Waals surface area contributed by atoms with Crippen molar-refractivity contribution in [2.45, 2.75) is 45.3 Å². The van der Waals surface area contributed by atoms with E-state index in [-0.39, 0.29) is 0 Å². The van der Waals surface area contributed by atoms with Gasteiger partial charge in [-0.15, -0.1) is 0 Å². The molecule has 2 rings (SSSR count). The summed E-state index contributed by atoms with van der Waals surface area (Å²) in [4.78, 5) is 0. The van der Waals surface area contributed by atoms with Crippen LogP contribution in [0, 0.1) is 5.92 Å². The SMILES string of the molecule is CCCNC(Cc1cccc(OC)c1)C1CCOC1C. The van der Waals surface area contributed by atoms with Gasteiger partial charge in [-0.05, 0) is 50.4 Å². The van der Waals surface area contributed by atoms with Crippen LogP contribution >= 0.6 is 0 Å². The van der Waals surface area contributed by atoms with E-state index in [1.807, 2.05) is 6.07 Å². The van der Waals surface area contributed by atoms with Crippen LogP contribution < -0.4 is 10.1 Å². The minimum absolute atomic E-state index is 0.356. The van der Waals surface area contributed by atoms with Crippen molar-refractivity contribution in [1.82, 2.24) is 5.32 Å². The number of rotatable bonds is 7. The lowest BCUT2D eigenvalue weighted by molar-refractivity contribution is 0.0954. The lowest BCUT2D eigenvalue weighted by Crippen LogP contribution is -2.41. The van der Waals surface area contributed by atoms with E-state index in [1.165, 1.54) is 5.56 Å². The third-order valence-corrected chi connectivity index (χ3v) is 4.20. The van der Waals surface area contributed by atoms with Gasteiger partial charge in [-0.25, -0.2) is 0 Å². The van der Waals surface area contributed by atoms with Crippen LogP contribution in [0.4, 0.5) is 0 Å². The van der Waals surface area contributed by atoms with Crippen molar-refractivity contribution in [2.75, 3.05) is 20.3 Å². The zero-order valence-electron chi connectivity index (χ0n) is 12.9. The second-order valence-corrected chi connectivity index (χ2v) is 5.64. The molecule has 20 heavy (non-hydrogen) atoms. The van der Waals surface area contributed by atoms with E-state index < -0.39 is 0 Å². The van der Waals surface area contributed by atoms with Gasteiger partial charge in [0.15, 0.2) is 0 Å². The van der Waals surface area contributed by atoms with Crippen LogP contribution in [0.5, 0.6) is 5.75 Å². The van der Waals surface area contributed by atoms with Crippen molar-refractivity contribution < 1.29 is 9.47 Å². The van der Waals surface area contributed by atoms with Gasteiger partial charge in [0, 0.05) is 18.6 Å². The average Bonchev–Trinajstić information content (AvgIpc) is 2.90. The Bertz CT molecular complexity index is 408. The minimum atomic E-state index is 0.356. The largest absolute Gasteiger partial charge is 0.497 e. The van der Waals surface area contributed by atoms with Gasteiger partial charge in [-0.3, -0.25) is 0 Å². The molecule has 0 spiro atoms. The molecule has 3 nitrogen and oxygen atoms in total. The monoisotopic (exact) mass is 277 g/mol. The maximum Gasteiger partial charge on any atom is 0.119 e. The number of ether oxygens (including phenoxy) is 2. The topological polar surface area (TPSA) is 30.5 Å². The molecule has 1 fully saturated rings. The van der Waals surface area contributed by atoms with Crippen LogP contribution in [-0.2, 0) is 11.2 Å². The molecule has 3 unspecified atom stereocenters. The summed E-state index contributed by atoms with van der Waals surface area (Å²) in [6.07, 6.45) is 3.72. The highest BCUT2D eigenvalue weighted by Gasteiger charge is 2.31. The van der Waals surface area contributed by atoms with Gasteiger partial charge < -0.3 is 14.8 Å². The molecular formula is C17H27NO2. The number of benzene rings is 1. The highest BCUT2D eigenvalue weighted by molar-refractivity contribution is 5.29. The molecule has 1 aromatic rings. The van der Waals surface area contributed by atoms with Gasteiger partial charge in [0.05, 0.1) is 13.2 Å². The highest BCUT2D eigenvalue weighted by atomic mass is 16.5. The summed E-state index contributed by atoms with van der Waals surface area (Å²) in [7, 11) is 1.72. The second-order valence-electron chi connectivity index (χ2n) is 5.64. The van der Waals surface area contributed by atoms with Crippen LogP contribution in [-0.4, -0.2) is 32.4 Å². The summed E-state index contributed by atoms with van der Waals surface area (Å²) < 4.78 is 11.1. The first-order valence-corrected chi connectivity index (χ1v) is 7.72. The molecule has 112 valence electrons. The lowest BCUT2D eigenvalue weighted by atomic mass is 9.88. The Balaban J connectivity index is 2.05. The third-order valence-electron chi connectivity index (χ3n) is 4.20. The van der Waals surface area contributed by atoms with E-state index in [4.69, 9.17) is 9.47 Å². The molecule has 0 saturated carbocycles. The van der Waals surface area contributed by atoms with E-state index in [0.717, 1.165) is 38.2 Å².